The van der Waals surface area contributed by atoms with Gasteiger partial charge in [-0.1, -0.05) is 6.07 Å². The number of piperidine rings is 1. The van der Waals surface area contributed by atoms with E-state index in [4.69, 9.17) is 0 Å². The highest BCUT2D eigenvalue weighted by Crippen LogP contribution is 2.32. The lowest BCUT2D eigenvalue weighted by molar-refractivity contribution is 0.226. The highest BCUT2D eigenvalue weighted by molar-refractivity contribution is 5.94. The number of halogens is 2. The molecule has 4 nitrogen and oxygen atoms in total. The number of aromatic nitrogens is 1. The summed E-state index contributed by atoms with van der Waals surface area (Å²) < 4.78 is 27.5. The molecule has 2 heterocycles. The van der Waals surface area contributed by atoms with Crippen molar-refractivity contribution in [3.63, 3.8) is 0 Å². The third-order valence-corrected chi connectivity index (χ3v) is 5.51. The highest BCUT2D eigenvalue weighted by Gasteiger charge is 2.17. The van der Waals surface area contributed by atoms with E-state index in [-0.39, 0.29) is 0 Å². The zero-order valence-corrected chi connectivity index (χ0v) is 15.8. The number of phenolic OH excluding ortho intramolecular Hbond substituents is 1. The van der Waals surface area contributed by atoms with Crippen molar-refractivity contribution < 1.29 is 13.9 Å². The number of nitrogens with zero attached hydrogens (tertiary/aromatic N) is 2. The van der Waals surface area contributed by atoms with Crippen LogP contribution in [0.15, 0.2) is 42.6 Å². The minimum Gasteiger partial charge on any atom is -0.503 e. The molecule has 0 saturated carbocycles. The van der Waals surface area contributed by atoms with Crippen LogP contribution in [0.5, 0.6) is 5.75 Å². The summed E-state index contributed by atoms with van der Waals surface area (Å²) in [6.45, 7) is 3.12. The Morgan fingerprint density at radius 3 is 2.50 bits per heavy atom. The van der Waals surface area contributed by atoms with Crippen LogP contribution in [0.3, 0.4) is 0 Å². The molecule has 0 unspecified atom stereocenters. The lowest BCUT2D eigenvalue weighted by Gasteiger charge is -2.29. The van der Waals surface area contributed by atoms with E-state index in [1.54, 1.807) is 12.3 Å². The first-order valence-electron chi connectivity index (χ1n) is 9.51. The van der Waals surface area contributed by atoms with Gasteiger partial charge in [-0.05, 0) is 80.4 Å². The summed E-state index contributed by atoms with van der Waals surface area (Å²) in [6, 6.07) is 9.71. The van der Waals surface area contributed by atoms with Crippen LogP contribution in [-0.2, 0) is 0 Å². The van der Waals surface area contributed by atoms with Crippen LogP contribution in [0, 0.1) is 17.6 Å². The van der Waals surface area contributed by atoms with Crippen LogP contribution in [0.4, 0.5) is 14.5 Å². The molecule has 1 aliphatic heterocycles. The van der Waals surface area contributed by atoms with Crippen molar-refractivity contribution in [3.8, 4) is 16.9 Å². The van der Waals surface area contributed by atoms with E-state index in [2.05, 4.69) is 22.2 Å². The SMILES string of the molecule is CN1CCC(CNc2ccnc3ccc(-c4cc(F)c(O)c(F)c4)cc23)CC1. The summed E-state index contributed by atoms with van der Waals surface area (Å²) in [6.07, 6.45) is 4.10. The number of nitrogens with one attached hydrogen (secondary N) is 1. The van der Waals surface area contributed by atoms with Crippen molar-refractivity contribution in [1.82, 2.24) is 9.88 Å². The maximum absolute atomic E-state index is 13.8. The van der Waals surface area contributed by atoms with Crippen molar-refractivity contribution in [2.24, 2.45) is 5.92 Å². The van der Waals surface area contributed by atoms with E-state index >= 15 is 0 Å². The fraction of sp³-hybridized carbons (Fsp3) is 0.318. The molecule has 1 aliphatic rings. The summed E-state index contributed by atoms with van der Waals surface area (Å²) in [4.78, 5) is 6.74. The number of benzene rings is 2. The molecule has 0 bridgehead atoms. The average molecular weight is 383 g/mol. The first-order valence-corrected chi connectivity index (χ1v) is 9.51. The van der Waals surface area contributed by atoms with Crippen molar-refractivity contribution >= 4 is 16.6 Å². The van der Waals surface area contributed by atoms with Gasteiger partial charge < -0.3 is 15.3 Å². The first kappa shape index (κ1) is 18.6. The number of anilines is 1. The van der Waals surface area contributed by atoms with Gasteiger partial charge in [-0.2, -0.15) is 0 Å². The molecule has 6 heteroatoms. The monoisotopic (exact) mass is 383 g/mol. The normalized spacial score (nSPS) is 15.8. The fourth-order valence-electron chi connectivity index (χ4n) is 3.73. The Balaban J connectivity index is 1.62. The minimum atomic E-state index is -0.970. The molecule has 1 saturated heterocycles. The summed E-state index contributed by atoms with van der Waals surface area (Å²) in [5.41, 5.74) is 2.82. The summed E-state index contributed by atoms with van der Waals surface area (Å²) in [5, 5.41) is 13.8. The molecule has 3 aromatic rings. The molecule has 2 aromatic carbocycles. The van der Waals surface area contributed by atoms with Gasteiger partial charge in [-0.25, -0.2) is 8.78 Å². The second-order valence-corrected chi connectivity index (χ2v) is 7.51. The zero-order valence-electron chi connectivity index (χ0n) is 15.8. The Morgan fingerprint density at radius 1 is 1.07 bits per heavy atom. The van der Waals surface area contributed by atoms with Crippen molar-refractivity contribution in [1.29, 1.82) is 0 Å². The third-order valence-electron chi connectivity index (χ3n) is 5.51. The van der Waals surface area contributed by atoms with E-state index < -0.39 is 17.4 Å². The number of aromatic hydroxyl groups is 1. The molecule has 0 amide bonds. The Kier molecular flexibility index (Phi) is 5.13. The molecule has 146 valence electrons. The van der Waals surface area contributed by atoms with Crippen LogP contribution in [0.2, 0.25) is 0 Å². The first-order chi connectivity index (χ1) is 13.5. The minimum absolute atomic E-state index is 0.375. The van der Waals surface area contributed by atoms with Gasteiger partial charge in [0.25, 0.3) is 0 Å². The van der Waals surface area contributed by atoms with Crippen LogP contribution in [0.25, 0.3) is 22.0 Å². The molecule has 1 aromatic heterocycles. The van der Waals surface area contributed by atoms with Gasteiger partial charge in [0.15, 0.2) is 17.4 Å². The average Bonchev–Trinajstić information content (AvgIpc) is 2.71. The van der Waals surface area contributed by atoms with Gasteiger partial charge in [0.2, 0.25) is 0 Å². The topological polar surface area (TPSA) is 48.4 Å². The van der Waals surface area contributed by atoms with Crippen LogP contribution < -0.4 is 5.32 Å². The van der Waals surface area contributed by atoms with Crippen molar-refractivity contribution in [2.45, 2.75) is 12.8 Å². The van der Waals surface area contributed by atoms with Gasteiger partial charge >= 0.3 is 0 Å². The van der Waals surface area contributed by atoms with E-state index in [1.165, 1.54) is 12.8 Å². The number of rotatable bonds is 4. The Bertz CT molecular complexity index is 977. The van der Waals surface area contributed by atoms with Crippen LogP contribution in [0.1, 0.15) is 12.8 Å². The smallest absolute Gasteiger partial charge is 0.187 e. The van der Waals surface area contributed by atoms with Gasteiger partial charge in [0, 0.05) is 23.8 Å². The van der Waals surface area contributed by atoms with Gasteiger partial charge in [-0.15, -0.1) is 0 Å². The second kappa shape index (κ2) is 7.72. The molecule has 0 aliphatic carbocycles. The molecule has 4 rings (SSSR count). The summed E-state index contributed by atoms with van der Waals surface area (Å²) >= 11 is 0. The molecular weight excluding hydrogens is 360 g/mol. The Morgan fingerprint density at radius 2 is 1.79 bits per heavy atom. The summed E-state index contributed by atoms with van der Waals surface area (Å²) in [7, 11) is 2.15. The number of pyridine rings is 1. The van der Waals surface area contributed by atoms with E-state index in [0.717, 1.165) is 48.4 Å². The van der Waals surface area contributed by atoms with Gasteiger partial charge in [-0.3, -0.25) is 4.98 Å². The number of likely N-dealkylation sites (tertiary alicyclic amines) is 1. The maximum atomic E-state index is 13.8. The lowest BCUT2D eigenvalue weighted by atomic mass is 9.97. The standard InChI is InChI=1S/C22H23F2N3O/c1-27-8-5-14(6-9-27)13-26-21-4-7-25-20-3-2-15(10-17(20)21)16-11-18(23)22(28)19(24)12-16/h2-4,7,10-12,14,28H,5-6,8-9,13H2,1H3,(H,25,26). The number of fused-ring (bicyclic) bond motifs is 1. The van der Waals surface area contributed by atoms with Crippen molar-refractivity contribution in [3.05, 3.63) is 54.2 Å². The van der Waals surface area contributed by atoms with Gasteiger partial charge in [0.1, 0.15) is 0 Å². The number of hydrogen-bond donors (Lipinski definition) is 2. The van der Waals surface area contributed by atoms with E-state index in [0.29, 0.717) is 17.0 Å². The number of hydrogen-bond acceptors (Lipinski definition) is 4. The fourth-order valence-corrected chi connectivity index (χ4v) is 3.73. The number of phenols is 1. The molecule has 28 heavy (non-hydrogen) atoms. The Labute approximate surface area is 162 Å². The Hall–Kier alpha value is -2.73. The molecule has 2 N–H and O–H groups in total. The van der Waals surface area contributed by atoms with Crippen molar-refractivity contribution in [2.75, 3.05) is 32.0 Å². The molecule has 0 atom stereocenters. The van der Waals surface area contributed by atoms with E-state index in [1.807, 2.05) is 18.2 Å². The maximum Gasteiger partial charge on any atom is 0.187 e. The van der Waals surface area contributed by atoms with Crippen LogP contribution in [-0.4, -0.2) is 41.7 Å². The molecular formula is C22H23F2N3O. The molecule has 1 fully saturated rings. The molecule has 0 spiro atoms. The third kappa shape index (κ3) is 3.78. The lowest BCUT2D eigenvalue weighted by Crippen LogP contribution is -2.32. The predicted molar refractivity (Wildman–Crippen MR) is 107 cm³/mol. The van der Waals surface area contributed by atoms with E-state index in [9.17, 15) is 13.9 Å². The summed E-state index contributed by atoms with van der Waals surface area (Å²) in [5.74, 6) is -2.27. The molecule has 0 radical (unpaired) electrons. The largest absolute Gasteiger partial charge is 0.503 e. The van der Waals surface area contributed by atoms with Crippen LogP contribution >= 0.6 is 0 Å². The van der Waals surface area contributed by atoms with Gasteiger partial charge in [0.05, 0.1) is 5.52 Å². The quantitative estimate of drug-likeness (QED) is 0.689. The second-order valence-electron chi connectivity index (χ2n) is 7.51. The predicted octanol–water partition coefficient (Wildman–Crippen LogP) is 4.64. The highest BCUT2D eigenvalue weighted by atomic mass is 19.1. The zero-order chi connectivity index (χ0) is 19.7.